The van der Waals surface area contributed by atoms with Crippen LogP contribution in [0.3, 0.4) is 0 Å². The highest BCUT2D eigenvalue weighted by Crippen LogP contribution is 2.27. The SMILES string of the molecule is CCC(O)(CC)COc1cc(OC)ccc1C(C)=O. The predicted molar refractivity (Wildman–Crippen MR) is 74.0 cm³/mol. The number of aliphatic hydroxyl groups is 1. The first-order valence-electron chi connectivity index (χ1n) is 6.50. The second kappa shape index (κ2) is 6.57. The van der Waals surface area contributed by atoms with Crippen molar-refractivity contribution >= 4 is 5.78 Å². The number of hydrogen-bond acceptors (Lipinski definition) is 4. The molecular formula is C15H22O4. The van der Waals surface area contributed by atoms with E-state index < -0.39 is 5.60 Å². The Morgan fingerprint density at radius 3 is 2.42 bits per heavy atom. The van der Waals surface area contributed by atoms with Crippen molar-refractivity contribution < 1.29 is 19.4 Å². The highest BCUT2D eigenvalue weighted by atomic mass is 16.5. The van der Waals surface area contributed by atoms with Crippen molar-refractivity contribution in [2.24, 2.45) is 0 Å². The summed E-state index contributed by atoms with van der Waals surface area (Å²) in [5.74, 6) is 0.998. The maximum atomic E-state index is 11.5. The molecule has 106 valence electrons. The molecule has 0 aliphatic carbocycles. The molecule has 0 heterocycles. The van der Waals surface area contributed by atoms with Crippen LogP contribution >= 0.6 is 0 Å². The van der Waals surface area contributed by atoms with E-state index in [4.69, 9.17) is 9.47 Å². The number of benzene rings is 1. The van der Waals surface area contributed by atoms with E-state index in [0.29, 0.717) is 29.9 Å². The third-order valence-corrected chi connectivity index (χ3v) is 3.38. The minimum atomic E-state index is -0.864. The molecule has 0 aliphatic rings. The van der Waals surface area contributed by atoms with Crippen LogP contribution in [0, 0.1) is 0 Å². The van der Waals surface area contributed by atoms with E-state index in [1.165, 1.54) is 6.92 Å². The first kappa shape index (κ1) is 15.5. The Kier molecular flexibility index (Phi) is 5.36. The van der Waals surface area contributed by atoms with Gasteiger partial charge in [0.15, 0.2) is 5.78 Å². The van der Waals surface area contributed by atoms with Crippen LogP contribution in [0.1, 0.15) is 44.0 Å². The molecule has 0 unspecified atom stereocenters. The molecule has 0 aliphatic heterocycles. The summed E-state index contributed by atoms with van der Waals surface area (Å²) in [5.41, 5.74) is -0.368. The number of hydrogen-bond donors (Lipinski definition) is 1. The summed E-state index contributed by atoms with van der Waals surface area (Å²) >= 11 is 0. The maximum Gasteiger partial charge on any atom is 0.163 e. The molecule has 0 saturated heterocycles. The van der Waals surface area contributed by atoms with Gasteiger partial charge in [0.05, 0.1) is 18.3 Å². The van der Waals surface area contributed by atoms with Crippen molar-refractivity contribution in [3.63, 3.8) is 0 Å². The van der Waals surface area contributed by atoms with Gasteiger partial charge in [0.2, 0.25) is 0 Å². The van der Waals surface area contributed by atoms with Gasteiger partial charge in [0.25, 0.3) is 0 Å². The summed E-state index contributed by atoms with van der Waals surface area (Å²) in [7, 11) is 1.56. The third-order valence-electron chi connectivity index (χ3n) is 3.38. The molecule has 0 bridgehead atoms. The zero-order chi connectivity index (χ0) is 14.5. The van der Waals surface area contributed by atoms with Crippen LogP contribution in [0.15, 0.2) is 18.2 Å². The highest BCUT2D eigenvalue weighted by molar-refractivity contribution is 5.97. The lowest BCUT2D eigenvalue weighted by Crippen LogP contribution is -2.34. The van der Waals surface area contributed by atoms with Gasteiger partial charge < -0.3 is 14.6 Å². The zero-order valence-corrected chi connectivity index (χ0v) is 12.0. The molecule has 1 aromatic carbocycles. The number of ether oxygens (including phenoxy) is 2. The fourth-order valence-corrected chi connectivity index (χ4v) is 1.71. The molecule has 19 heavy (non-hydrogen) atoms. The van der Waals surface area contributed by atoms with Crippen molar-refractivity contribution in [3.05, 3.63) is 23.8 Å². The van der Waals surface area contributed by atoms with Crippen molar-refractivity contribution in [1.29, 1.82) is 0 Å². The molecule has 0 radical (unpaired) electrons. The predicted octanol–water partition coefficient (Wildman–Crippen LogP) is 2.83. The summed E-state index contributed by atoms with van der Waals surface area (Å²) in [5, 5.41) is 10.2. The molecule has 0 saturated carbocycles. The van der Waals surface area contributed by atoms with Crippen LogP contribution in [-0.4, -0.2) is 30.2 Å². The van der Waals surface area contributed by atoms with E-state index in [-0.39, 0.29) is 12.4 Å². The van der Waals surface area contributed by atoms with Crippen LogP contribution in [0.25, 0.3) is 0 Å². The van der Waals surface area contributed by atoms with Crippen LogP contribution in [0.2, 0.25) is 0 Å². The quantitative estimate of drug-likeness (QED) is 0.771. The highest BCUT2D eigenvalue weighted by Gasteiger charge is 2.24. The van der Waals surface area contributed by atoms with Gasteiger partial charge >= 0.3 is 0 Å². The van der Waals surface area contributed by atoms with Crippen molar-refractivity contribution in [2.75, 3.05) is 13.7 Å². The van der Waals surface area contributed by atoms with Gasteiger partial charge in [-0.3, -0.25) is 4.79 Å². The van der Waals surface area contributed by atoms with E-state index in [1.54, 1.807) is 25.3 Å². The average molecular weight is 266 g/mol. The van der Waals surface area contributed by atoms with Crippen LogP contribution in [0.5, 0.6) is 11.5 Å². The van der Waals surface area contributed by atoms with E-state index in [9.17, 15) is 9.90 Å². The minimum Gasteiger partial charge on any atom is -0.497 e. The molecule has 0 fully saturated rings. The topological polar surface area (TPSA) is 55.8 Å². The zero-order valence-electron chi connectivity index (χ0n) is 12.0. The van der Waals surface area contributed by atoms with E-state index in [1.807, 2.05) is 13.8 Å². The Balaban J connectivity index is 2.95. The number of rotatable bonds is 7. The lowest BCUT2D eigenvalue weighted by molar-refractivity contribution is -0.0116. The van der Waals surface area contributed by atoms with Gasteiger partial charge in [-0.15, -0.1) is 0 Å². The van der Waals surface area contributed by atoms with Crippen molar-refractivity contribution in [1.82, 2.24) is 0 Å². The normalized spacial score (nSPS) is 11.2. The van der Waals surface area contributed by atoms with Gasteiger partial charge in [0, 0.05) is 6.07 Å². The van der Waals surface area contributed by atoms with E-state index in [0.717, 1.165) is 0 Å². The monoisotopic (exact) mass is 266 g/mol. The molecule has 4 heteroatoms. The summed E-state index contributed by atoms with van der Waals surface area (Å²) in [6, 6.07) is 5.06. The lowest BCUT2D eigenvalue weighted by Gasteiger charge is -2.25. The van der Waals surface area contributed by atoms with Crippen LogP contribution < -0.4 is 9.47 Å². The van der Waals surface area contributed by atoms with E-state index >= 15 is 0 Å². The Labute approximate surface area is 114 Å². The minimum absolute atomic E-state index is 0.0748. The van der Waals surface area contributed by atoms with E-state index in [2.05, 4.69) is 0 Å². The molecule has 1 rings (SSSR count). The third kappa shape index (κ3) is 3.96. The smallest absolute Gasteiger partial charge is 0.163 e. The number of carbonyl (C=O) groups is 1. The van der Waals surface area contributed by atoms with Crippen LogP contribution in [-0.2, 0) is 0 Å². The van der Waals surface area contributed by atoms with Gasteiger partial charge in [-0.1, -0.05) is 13.8 Å². The summed E-state index contributed by atoms with van der Waals surface area (Å²) in [6.07, 6.45) is 1.20. The molecule has 0 spiro atoms. The summed E-state index contributed by atoms with van der Waals surface area (Å²) in [6.45, 7) is 5.46. The standard InChI is InChI=1S/C15H22O4/c1-5-15(17,6-2)10-19-14-9-12(18-4)7-8-13(14)11(3)16/h7-9,17H,5-6,10H2,1-4H3. The second-order valence-electron chi connectivity index (χ2n) is 4.64. The Morgan fingerprint density at radius 2 is 1.95 bits per heavy atom. The molecular weight excluding hydrogens is 244 g/mol. The number of carbonyl (C=O) groups excluding carboxylic acids is 1. The largest absolute Gasteiger partial charge is 0.497 e. The number of methoxy groups -OCH3 is 1. The van der Waals surface area contributed by atoms with Gasteiger partial charge in [-0.25, -0.2) is 0 Å². The summed E-state index contributed by atoms with van der Waals surface area (Å²) < 4.78 is 10.8. The Hall–Kier alpha value is -1.55. The maximum absolute atomic E-state index is 11.5. The fraction of sp³-hybridized carbons (Fsp3) is 0.533. The van der Waals surface area contributed by atoms with Gasteiger partial charge in [-0.2, -0.15) is 0 Å². The van der Waals surface area contributed by atoms with Gasteiger partial charge in [-0.05, 0) is 31.9 Å². The fourth-order valence-electron chi connectivity index (χ4n) is 1.71. The van der Waals surface area contributed by atoms with Crippen LogP contribution in [0.4, 0.5) is 0 Å². The average Bonchev–Trinajstić information content (AvgIpc) is 2.44. The second-order valence-corrected chi connectivity index (χ2v) is 4.64. The first-order chi connectivity index (χ1) is 8.95. The van der Waals surface area contributed by atoms with Crippen molar-refractivity contribution in [2.45, 2.75) is 39.2 Å². The summed E-state index contributed by atoms with van der Waals surface area (Å²) in [4.78, 5) is 11.5. The molecule has 4 nitrogen and oxygen atoms in total. The molecule has 1 aromatic rings. The van der Waals surface area contributed by atoms with Gasteiger partial charge in [0.1, 0.15) is 18.1 Å². The van der Waals surface area contributed by atoms with Crippen molar-refractivity contribution in [3.8, 4) is 11.5 Å². The Bertz CT molecular complexity index is 436. The first-order valence-corrected chi connectivity index (χ1v) is 6.50. The number of Topliss-reactive ketones (excluding diaryl/α,β-unsaturated/α-hetero) is 1. The molecule has 0 atom stereocenters. The molecule has 0 amide bonds. The molecule has 0 aromatic heterocycles. The lowest BCUT2D eigenvalue weighted by atomic mass is 9.99. The molecule has 1 N–H and O–H groups in total. The Morgan fingerprint density at radius 1 is 1.32 bits per heavy atom. The number of ketones is 1.